The summed E-state index contributed by atoms with van der Waals surface area (Å²) < 4.78 is 5.56. The highest BCUT2D eigenvalue weighted by molar-refractivity contribution is 5.86. The SMILES string of the molecule is O=C(O)C1CCCN1C(=O)C1CCN(C(=O)CCOc2ccccc2)CC1. The minimum absolute atomic E-state index is 0.0291. The van der Waals surface area contributed by atoms with Crippen LogP contribution in [0.3, 0.4) is 0 Å². The van der Waals surface area contributed by atoms with Crippen molar-refractivity contribution >= 4 is 17.8 Å². The van der Waals surface area contributed by atoms with Gasteiger partial charge >= 0.3 is 5.97 Å². The van der Waals surface area contributed by atoms with E-state index in [1.165, 1.54) is 4.90 Å². The van der Waals surface area contributed by atoms with Crippen LogP contribution in [-0.2, 0) is 14.4 Å². The van der Waals surface area contributed by atoms with Crippen molar-refractivity contribution in [2.24, 2.45) is 5.92 Å². The number of carboxylic acid groups (broad SMARTS) is 1. The number of hydrogen-bond donors (Lipinski definition) is 1. The largest absolute Gasteiger partial charge is 0.493 e. The van der Waals surface area contributed by atoms with Crippen LogP contribution in [0.15, 0.2) is 30.3 Å². The molecule has 146 valence electrons. The van der Waals surface area contributed by atoms with Gasteiger partial charge in [-0.1, -0.05) is 18.2 Å². The van der Waals surface area contributed by atoms with Gasteiger partial charge in [-0.3, -0.25) is 9.59 Å². The molecule has 2 amide bonds. The summed E-state index contributed by atoms with van der Waals surface area (Å²) in [5.74, 6) is -0.407. The molecule has 2 saturated heterocycles. The predicted molar refractivity (Wildman–Crippen MR) is 98.2 cm³/mol. The van der Waals surface area contributed by atoms with Crippen molar-refractivity contribution < 1.29 is 24.2 Å². The number of rotatable bonds is 6. The molecule has 27 heavy (non-hydrogen) atoms. The molecule has 0 bridgehead atoms. The van der Waals surface area contributed by atoms with Crippen molar-refractivity contribution in [2.45, 2.75) is 38.1 Å². The van der Waals surface area contributed by atoms with E-state index >= 15 is 0 Å². The van der Waals surface area contributed by atoms with Crippen molar-refractivity contribution in [1.82, 2.24) is 9.80 Å². The summed E-state index contributed by atoms with van der Waals surface area (Å²) >= 11 is 0. The van der Waals surface area contributed by atoms with E-state index in [1.54, 1.807) is 4.90 Å². The summed E-state index contributed by atoms with van der Waals surface area (Å²) in [6, 6.07) is 8.69. The average Bonchev–Trinajstić information content (AvgIpc) is 3.18. The van der Waals surface area contributed by atoms with E-state index in [0.29, 0.717) is 51.9 Å². The summed E-state index contributed by atoms with van der Waals surface area (Å²) in [5, 5.41) is 9.25. The average molecular weight is 374 g/mol. The Labute approximate surface area is 158 Å². The maximum Gasteiger partial charge on any atom is 0.326 e. The maximum atomic E-state index is 12.7. The van der Waals surface area contributed by atoms with Gasteiger partial charge in [0.1, 0.15) is 11.8 Å². The molecular formula is C20H26N2O5. The highest BCUT2D eigenvalue weighted by atomic mass is 16.5. The Morgan fingerprint density at radius 1 is 1.04 bits per heavy atom. The van der Waals surface area contributed by atoms with Crippen LogP contribution in [0.1, 0.15) is 32.1 Å². The molecule has 7 nitrogen and oxygen atoms in total. The molecule has 0 radical (unpaired) electrons. The van der Waals surface area contributed by atoms with E-state index in [0.717, 1.165) is 12.2 Å². The highest BCUT2D eigenvalue weighted by Crippen LogP contribution is 2.25. The van der Waals surface area contributed by atoms with Crippen molar-refractivity contribution in [2.75, 3.05) is 26.2 Å². The third-order valence-electron chi connectivity index (χ3n) is 5.35. The number of benzene rings is 1. The first-order valence-corrected chi connectivity index (χ1v) is 9.55. The Bertz CT molecular complexity index is 670. The fraction of sp³-hybridized carbons (Fsp3) is 0.550. The summed E-state index contributed by atoms with van der Waals surface area (Å²) in [4.78, 5) is 39.6. The molecule has 2 heterocycles. The van der Waals surface area contributed by atoms with Gasteiger partial charge in [-0.2, -0.15) is 0 Å². The summed E-state index contributed by atoms with van der Waals surface area (Å²) in [6.45, 7) is 1.92. The van der Waals surface area contributed by atoms with Crippen molar-refractivity contribution in [1.29, 1.82) is 0 Å². The van der Waals surface area contributed by atoms with Crippen molar-refractivity contribution in [3.05, 3.63) is 30.3 Å². The molecule has 7 heteroatoms. The lowest BCUT2D eigenvalue weighted by Crippen LogP contribution is -2.47. The lowest BCUT2D eigenvalue weighted by Gasteiger charge is -2.34. The molecule has 1 N–H and O–H groups in total. The first-order chi connectivity index (χ1) is 13.1. The summed E-state index contributed by atoms with van der Waals surface area (Å²) in [6.07, 6.45) is 2.75. The van der Waals surface area contributed by atoms with Gasteiger partial charge in [-0.05, 0) is 37.8 Å². The lowest BCUT2D eigenvalue weighted by atomic mass is 9.94. The molecule has 0 aromatic heterocycles. The van der Waals surface area contributed by atoms with Gasteiger partial charge in [0.25, 0.3) is 0 Å². The minimum atomic E-state index is -0.924. The number of likely N-dealkylation sites (tertiary alicyclic amines) is 2. The third kappa shape index (κ3) is 4.78. The molecule has 3 rings (SSSR count). The van der Waals surface area contributed by atoms with Crippen LogP contribution >= 0.6 is 0 Å². The van der Waals surface area contributed by atoms with Gasteiger partial charge in [0, 0.05) is 25.6 Å². The highest BCUT2D eigenvalue weighted by Gasteiger charge is 2.38. The quantitative estimate of drug-likeness (QED) is 0.820. The van der Waals surface area contributed by atoms with Gasteiger partial charge in [0.15, 0.2) is 0 Å². The van der Waals surface area contributed by atoms with Crippen LogP contribution in [0.25, 0.3) is 0 Å². The minimum Gasteiger partial charge on any atom is -0.493 e. The Morgan fingerprint density at radius 2 is 1.74 bits per heavy atom. The Hall–Kier alpha value is -2.57. The summed E-state index contributed by atoms with van der Waals surface area (Å²) in [5.41, 5.74) is 0. The maximum absolute atomic E-state index is 12.7. The van der Waals surface area contributed by atoms with E-state index in [4.69, 9.17) is 4.74 Å². The Kier molecular flexibility index (Phi) is 6.32. The third-order valence-corrected chi connectivity index (χ3v) is 5.35. The second kappa shape index (κ2) is 8.88. The zero-order valence-electron chi connectivity index (χ0n) is 15.4. The number of piperidine rings is 1. The van der Waals surface area contributed by atoms with Crippen LogP contribution in [0, 0.1) is 5.92 Å². The van der Waals surface area contributed by atoms with Crippen LogP contribution in [0.4, 0.5) is 0 Å². The number of para-hydroxylation sites is 1. The van der Waals surface area contributed by atoms with E-state index < -0.39 is 12.0 Å². The molecule has 2 aliphatic rings. The number of aliphatic carboxylic acids is 1. The molecule has 0 spiro atoms. The number of ether oxygens (including phenoxy) is 1. The number of nitrogens with zero attached hydrogens (tertiary/aromatic N) is 2. The smallest absolute Gasteiger partial charge is 0.326 e. The first kappa shape index (κ1) is 19.2. The van der Waals surface area contributed by atoms with E-state index in [9.17, 15) is 19.5 Å². The molecule has 0 saturated carbocycles. The second-order valence-corrected chi connectivity index (χ2v) is 7.09. The lowest BCUT2D eigenvalue weighted by molar-refractivity contribution is -0.151. The van der Waals surface area contributed by atoms with Gasteiger partial charge in [0.05, 0.1) is 13.0 Å². The first-order valence-electron chi connectivity index (χ1n) is 9.55. The number of carbonyl (C=O) groups is 3. The Morgan fingerprint density at radius 3 is 2.41 bits per heavy atom. The fourth-order valence-corrected chi connectivity index (χ4v) is 3.83. The normalized spacial score (nSPS) is 20.5. The zero-order valence-corrected chi connectivity index (χ0v) is 15.4. The van der Waals surface area contributed by atoms with Gasteiger partial charge in [-0.25, -0.2) is 4.79 Å². The standard InChI is InChI=1S/C20H26N2O5/c23-18(10-14-27-16-5-2-1-3-6-16)21-12-8-15(9-13-21)19(24)22-11-4-7-17(22)20(25)26/h1-3,5-6,15,17H,4,7-14H2,(H,25,26). The summed E-state index contributed by atoms with van der Waals surface area (Å²) in [7, 11) is 0. The Balaban J connectivity index is 1.42. The topological polar surface area (TPSA) is 87.2 Å². The molecule has 1 aromatic carbocycles. The van der Waals surface area contributed by atoms with Gasteiger partial charge in [-0.15, -0.1) is 0 Å². The molecule has 2 aliphatic heterocycles. The number of amides is 2. The van der Waals surface area contributed by atoms with Crippen molar-refractivity contribution in [3.8, 4) is 5.75 Å². The molecule has 1 aromatic rings. The molecule has 1 atom stereocenters. The monoisotopic (exact) mass is 374 g/mol. The predicted octanol–water partition coefficient (Wildman–Crippen LogP) is 1.77. The number of carboxylic acids is 1. The van der Waals surface area contributed by atoms with Crippen LogP contribution in [-0.4, -0.2) is 65.0 Å². The van der Waals surface area contributed by atoms with E-state index in [1.807, 2.05) is 30.3 Å². The second-order valence-electron chi connectivity index (χ2n) is 7.09. The van der Waals surface area contributed by atoms with E-state index in [2.05, 4.69) is 0 Å². The molecule has 1 unspecified atom stereocenters. The van der Waals surface area contributed by atoms with Crippen LogP contribution in [0.5, 0.6) is 5.75 Å². The molecular weight excluding hydrogens is 348 g/mol. The van der Waals surface area contributed by atoms with Crippen molar-refractivity contribution in [3.63, 3.8) is 0 Å². The van der Waals surface area contributed by atoms with Crippen LogP contribution < -0.4 is 4.74 Å². The number of hydrogen-bond acceptors (Lipinski definition) is 4. The molecule has 0 aliphatic carbocycles. The molecule has 2 fully saturated rings. The fourth-order valence-electron chi connectivity index (χ4n) is 3.83. The van der Waals surface area contributed by atoms with Gasteiger partial charge in [0.2, 0.25) is 11.8 Å². The number of carbonyl (C=O) groups excluding carboxylic acids is 2. The van der Waals surface area contributed by atoms with Gasteiger partial charge < -0.3 is 19.6 Å². The zero-order chi connectivity index (χ0) is 19.2. The van der Waals surface area contributed by atoms with E-state index in [-0.39, 0.29) is 17.7 Å². The van der Waals surface area contributed by atoms with Crippen LogP contribution in [0.2, 0.25) is 0 Å².